The van der Waals surface area contributed by atoms with Gasteiger partial charge in [0.2, 0.25) is 0 Å². The van der Waals surface area contributed by atoms with Crippen molar-refractivity contribution in [3.8, 4) is 0 Å². The molecule has 8 N–H and O–H groups in total. The molecule has 0 fully saturated rings. The average Bonchev–Trinajstić information content (AvgIpc) is 1.25. The van der Waals surface area contributed by atoms with E-state index < -0.39 is 10.2 Å². The van der Waals surface area contributed by atoms with Crippen molar-refractivity contribution in [3.05, 3.63) is 30.6 Å². The summed E-state index contributed by atoms with van der Waals surface area (Å²) in [6, 6.07) is 0. The van der Waals surface area contributed by atoms with Crippen molar-refractivity contribution in [2.75, 3.05) is 0 Å². The van der Waals surface area contributed by atoms with Gasteiger partial charge in [0, 0.05) is 0 Å². The van der Waals surface area contributed by atoms with Crippen molar-refractivity contribution < 1.29 is 32.1 Å². The van der Waals surface area contributed by atoms with Gasteiger partial charge < -0.3 is 52.5 Å². The quantitative estimate of drug-likeness (QED) is 0.215. The van der Waals surface area contributed by atoms with Crippen LogP contribution in [0.4, 0.5) is 0 Å². The van der Waals surface area contributed by atoms with Gasteiger partial charge in [0.15, 0.2) is 0 Å². The normalized spacial score (nSPS) is 3.69. The third kappa shape index (κ3) is 291. The Hall–Kier alpha value is -1.59. The first-order valence-electron chi connectivity index (χ1n) is 1.10. The number of rotatable bonds is 0. The second-order valence-electron chi connectivity index (χ2n) is 0.447. The molecule has 13 heteroatoms. The maximum absolute atomic E-state index is 8.25. The van der Waals surface area contributed by atoms with Gasteiger partial charge in [-0.05, 0) is 0 Å². The van der Waals surface area contributed by atoms with E-state index in [0.717, 1.165) is 0 Å². The second-order valence-corrected chi connectivity index (χ2v) is 0.447. The van der Waals surface area contributed by atoms with Crippen LogP contribution in [0.2, 0.25) is 0 Å². The standard InChI is InChI=1S/Be.2NO3.4H2O/c;2*2-1(3)4;;;;/h;;;4*1H2/q+2;2*-1;;;;. The molecule has 0 aromatic rings. The minimum absolute atomic E-state index is 0. The Morgan fingerprint density at radius 3 is 0.615 bits per heavy atom. The number of nitrogens with zero attached hydrogens (tertiary/aromatic N) is 2. The maximum atomic E-state index is 8.25. The fourth-order valence-corrected chi connectivity index (χ4v) is 0. The number of hydrogen-bond acceptors (Lipinski definition) is 6. The monoisotopic (exact) mass is 205 g/mol. The zero-order valence-corrected chi connectivity index (χ0v) is 6.05. The van der Waals surface area contributed by atoms with Crippen LogP contribution in [0.1, 0.15) is 0 Å². The van der Waals surface area contributed by atoms with E-state index in [0.29, 0.717) is 0 Å². The van der Waals surface area contributed by atoms with Crippen LogP contribution in [-0.2, 0) is 0 Å². The first kappa shape index (κ1) is 63.6. The molecular weight excluding hydrogens is 197 g/mol. The minimum Gasteiger partial charge on any atom is -0.412 e. The van der Waals surface area contributed by atoms with Crippen LogP contribution >= 0.6 is 0 Å². The number of hydrogen-bond donors (Lipinski definition) is 0. The third-order valence-corrected chi connectivity index (χ3v) is 0. The van der Waals surface area contributed by atoms with E-state index in [-0.39, 0.29) is 32.0 Å². The van der Waals surface area contributed by atoms with E-state index in [2.05, 4.69) is 0 Å². The van der Waals surface area contributed by atoms with Gasteiger partial charge >= 0.3 is 10.1 Å². The van der Waals surface area contributed by atoms with E-state index in [1.807, 2.05) is 0 Å². The molecule has 0 saturated heterocycles. The Kier molecular flexibility index (Phi) is 232. The van der Waals surface area contributed by atoms with Crippen LogP contribution in [0.25, 0.3) is 0 Å². The van der Waals surface area contributed by atoms with Gasteiger partial charge in [0.05, 0.1) is 10.2 Å². The van der Waals surface area contributed by atoms with Crippen LogP contribution in [-0.4, -0.2) is 42.2 Å². The van der Waals surface area contributed by atoms with Crippen LogP contribution in [0.15, 0.2) is 0 Å². The topological polar surface area (TPSA) is 258 Å². The van der Waals surface area contributed by atoms with Crippen molar-refractivity contribution in [3.63, 3.8) is 0 Å². The van der Waals surface area contributed by atoms with Gasteiger partial charge in [-0.25, -0.2) is 0 Å². The molecule has 0 aliphatic carbocycles. The third-order valence-electron chi connectivity index (χ3n) is 0. The van der Waals surface area contributed by atoms with Crippen LogP contribution in [0.5, 0.6) is 0 Å². The van der Waals surface area contributed by atoms with E-state index in [4.69, 9.17) is 30.6 Å². The summed E-state index contributed by atoms with van der Waals surface area (Å²) in [6.07, 6.45) is 0. The van der Waals surface area contributed by atoms with Crippen LogP contribution in [0, 0.1) is 30.6 Å². The van der Waals surface area contributed by atoms with E-state index >= 15 is 0 Å². The van der Waals surface area contributed by atoms with Gasteiger partial charge in [0.25, 0.3) is 0 Å². The Bertz CT molecular complexity index is 70.9. The predicted molar refractivity (Wildman–Crippen MR) is 40.9 cm³/mol. The van der Waals surface area contributed by atoms with E-state index in [1.54, 1.807) is 0 Å². The Balaban J connectivity index is -0.00000000800. The van der Waals surface area contributed by atoms with Gasteiger partial charge in [-0.2, -0.15) is 0 Å². The summed E-state index contributed by atoms with van der Waals surface area (Å²) in [4.78, 5) is 16.5. The van der Waals surface area contributed by atoms with Crippen molar-refractivity contribution in [1.82, 2.24) is 0 Å². The Morgan fingerprint density at radius 2 is 0.615 bits per heavy atom. The van der Waals surface area contributed by atoms with Crippen molar-refractivity contribution in [2.45, 2.75) is 0 Å². The van der Waals surface area contributed by atoms with Gasteiger partial charge in [-0.1, -0.05) is 0 Å². The van der Waals surface area contributed by atoms with E-state index in [9.17, 15) is 0 Å². The molecular formula is H8BeN2O10. The zero-order valence-electron chi connectivity index (χ0n) is 6.05. The molecule has 0 saturated carbocycles. The molecule has 0 aromatic carbocycles. The molecule has 0 aliphatic rings. The Morgan fingerprint density at radius 1 is 0.615 bits per heavy atom. The molecule has 0 aliphatic heterocycles. The van der Waals surface area contributed by atoms with Crippen molar-refractivity contribution in [2.24, 2.45) is 0 Å². The summed E-state index contributed by atoms with van der Waals surface area (Å²) in [7, 11) is 0. The fraction of sp³-hybridized carbons (Fsp3) is 0. The molecule has 0 bridgehead atoms. The molecule has 80 valence electrons. The Labute approximate surface area is 74.1 Å². The van der Waals surface area contributed by atoms with Gasteiger partial charge in [-0.15, -0.1) is 0 Å². The molecule has 0 rings (SSSR count). The maximum Gasteiger partial charge on any atom is 2.00 e. The van der Waals surface area contributed by atoms with Crippen LogP contribution in [0.3, 0.4) is 0 Å². The molecule has 0 unspecified atom stereocenters. The molecule has 0 spiro atoms. The summed E-state index contributed by atoms with van der Waals surface area (Å²) >= 11 is 0. The summed E-state index contributed by atoms with van der Waals surface area (Å²) in [5.41, 5.74) is 0. The summed E-state index contributed by atoms with van der Waals surface area (Å²) in [5.74, 6) is 0. The minimum atomic E-state index is -1.75. The van der Waals surface area contributed by atoms with Crippen LogP contribution < -0.4 is 0 Å². The molecule has 12 nitrogen and oxygen atoms in total. The molecule has 0 radical (unpaired) electrons. The molecule has 13 heavy (non-hydrogen) atoms. The summed E-state index contributed by atoms with van der Waals surface area (Å²) in [5, 5.41) is 29.5. The first-order chi connectivity index (χ1) is 3.46. The van der Waals surface area contributed by atoms with Crippen molar-refractivity contribution in [1.29, 1.82) is 0 Å². The molecule has 0 heterocycles. The smallest absolute Gasteiger partial charge is 0.412 e. The van der Waals surface area contributed by atoms with Gasteiger partial charge in [0.1, 0.15) is 0 Å². The molecule has 0 amide bonds. The van der Waals surface area contributed by atoms with Crippen molar-refractivity contribution >= 4 is 10.1 Å². The molecule has 0 aromatic heterocycles. The summed E-state index contributed by atoms with van der Waals surface area (Å²) < 4.78 is 0. The average molecular weight is 205 g/mol. The summed E-state index contributed by atoms with van der Waals surface area (Å²) in [6.45, 7) is 0. The largest absolute Gasteiger partial charge is 2.00 e. The SMILES string of the molecule is O.O.O.O.O=[N+]([O-])[O-].O=[N+]([O-])[O-].[Be+2]. The fourth-order valence-electron chi connectivity index (χ4n) is 0. The zero-order chi connectivity index (χ0) is 7.15. The van der Waals surface area contributed by atoms with Gasteiger partial charge in [-0.3, -0.25) is 0 Å². The van der Waals surface area contributed by atoms with E-state index in [1.165, 1.54) is 0 Å². The second kappa shape index (κ2) is 47.4. The molecule has 0 atom stereocenters. The first-order valence-corrected chi connectivity index (χ1v) is 1.10. The predicted octanol–water partition coefficient (Wildman–Crippen LogP) is -4.16.